The minimum absolute atomic E-state index is 0.590. The van der Waals surface area contributed by atoms with Crippen LogP contribution in [0.4, 0.5) is 0 Å². The molecule has 4 aromatic heterocycles. The standard InChI is InChI=1S/C39H24N6/c1-3-14-26(15-4-1)34-30-24-23-25-13-7-8-18-28(25)35(30)41-38(40-34)45-33-22-12-11-21-32(33)44-37-36(42-39(44)45)29-19-9-10-20-31(29)43(37)27-16-5-2-6-17-27/h1-24H. The van der Waals surface area contributed by atoms with Gasteiger partial charge in [0.2, 0.25) is 11.7 Å². The van der Waals surface area contributed by atoms with Crippen molar-refractivity contribution in [2.45, 2.75) is 0 Å². The summed E-state index contributed by atoms with van der Waals surface area (Å²) < 4.78 is 6.69. The predicted molar refractivity (Wildman–Crippen MR) is 182 cm³/mol. The van der Waals surface area contributed by atoms with Crippen LogP contribution in [0.1, 0.15) is 0 Å². The summed E-state index contributed by atoms with van der Waals surface area (Å²) in [6, 6.07) is 50.5. The van der Waals surface area contributed by atoms with Gasteiger partial charge in [-0.05, 0) is 41.8 Å². The fraction of sp³-hybridized carbons (Fsp3) is 0. The highest BCUT2D eigenvalue weighted by atomic mass is 15.3. The zero-order valence-corrected chi connectivity index (χ0v) is 24.0. The van der Waals surface area contributed by atoms with Gasteiger partial charge in [0.15, 0.2) is 5.65 Å². The molecule has 6 heteroatoms. The van der Waals surface area contributed by atoms with Crippen molar-refractivity contribution < 1.29 is 0 Å². The second-order valence-electron chi connectivity index (χ2n) is 11.4. The van der Waals surface area contributed by atoms with Gasteiger partial charge < -0.3 is 0 Å². The zero-order valence-electron chi connectivity index (χ0n) is 24.0. The van der Waals surface area contributed by atoms with Crippen LogP contribution in [-0.2, 0) is 0 Å². The van der Waals surface area contributed by atoms with Crippen molar-refractivity contribution in [1.29, 1.82) is 0 Å². The summed E-state index contributed by atoms with van der Waals surface area (Å²) in [5, 5.41) is 4.36. The molecule has 10 aromatic rings. The van der Waals surface area contributed by atoms with Gasteiger partial charge in [0.25, 0.3) is 0 Å². The summed E-state index contributed by atoms with van der Waals surface area (Å²) in [6.07, 6.45) is 0. The maximum atomic E-state index is 5.37. The molecule has 45 heavy (non-hydrogen) atoms. The lowest BCUT2D eigenvalue weighted by Crippen LogP contribution is -2.04. The van der Waals surface area contributed by atoms with Crippen LogP contribution in [0.15, 0.2) is 146 Å². The summed E-state index contributed by atoms with van der Waals surface area (Å²) in [5.41, 5.74) is 9.05. The van der Waals surface area contributed by atoms with Crippen molar-refractivity contribution >= 4 is 60.6 Å². The Bertz CT molecular complexity index is 2750. The third-order valence-corrected chi connectivity index (χ3v) is 8.85. The Labute approximate surface area is 257 Å². The van der Waals surface area contributed by atoms with Crippen LogP contribution >= 0.6 is 0 Å². The van der Waals surface area contributed by atoms with E-state index in [0.717, 1.165) is 77.5 Å². The number of rotatable bonds is 3. The van der Waals surface area contributed by atoms with E-state index in [9.17, 15) is 0 Å². The number of para-hydroxylation sites is 4. The largest absolute Gasteiger partial charge is 0.294 e. The maximum absolute atomic E-state index is 5.37. The Kier molecular flexibility index (Phi) is 4.90. The van der Waals surface area contributed by atoms with Gasteiger partial charge in [0.1, 0.15) is 5.52 Å². The first-order chi connectivity index (χ1) is 22.3. The van der Waals surface area contributed by atoms with Gasteiger partial charge in [0, 0.05) is 27.4 Å². The Hall–Kier alpha value is -6.27. The van der Waals surface area contributed by atoms with Gasteiger partial charge in [-0.2, -0.15) is 0 Å². The molecular formula is C39H24N6. The van der Waals surface area contributed by atoms with Crippen LogP contribution in [0.25, 0.3) is 83.4 Å². The highest BCUT2D eigenvalue weighted by molar-refractivity contribution is 6.10. The van der Waals surface area contributed by atoms with Gasteiger partial charge in [-0.3, -0.25) is 8.97 Å². The molecule has 0 fully saturated rings. The minimum atomic E-state index is 0.590. The molecule has 0 bridgehead atoms. The third-order valence-electron chi connectivity index (χ3n) is 8.85. The van der Waals surface area contributed by atoms with Crippen molar-refractivity contribution in [2.24, 2.45) is 0 Å². The second-order valence-corrected chi connectivity index (χ2v) is 11.4. The summed E-state index contributed by atoms with van der Waals surface area (Å²) in [4.78, 5) is 16.0. The Morgan fingerprint density at radius 1 is 0.422 bits per heavy atom. The summed E-state index contributed by atoms with van der Waals surface area (Å²) in [7, 11) is 0. The zero-order chi connectivity index (χ0) is 29.5. The van der Waals surface area contributed by atoms with Crippen LogP contribution in [0.5, 0.6) is 0 Å². The first-order valence-corrected chi connectivity index (χ1v) is 15.1. The molecule has 210 valence electrons. The van der Waals surface area contributed by atoms with E-state index in [4.69, 9.17) is 15.0 Å². The molecule has 0 saturated carbocycles. The van der Waals surface area contributed by atoms with E-state index < -0.39 is 0 Å². The summed E-state index contributed by atoms with van der Waals surface area (Å²) in [5.74, 6) is 1.36. The average Bonchev–Trinajstić information content (AvgIpc) is 3.74. The van der Waals surface area contributed by atoms with E-state index in [-0.39, 0.29) is 0 Å². The SMILES string of the molecule is c1ccc(-c2nc(-n3c4ccccc4n4c3nc3c5ccccc5n(-c5ccccc5)c34)nc3c2ccc2ccccc23)cc1. The van der Waals surface area contributed by atoms with Crippen LogP contribution in [0, 0.1) is 0 Å². The quantitative estimate of drug-likeness (QED) is 0.197. The highest BCUT2D eigenvalue weighted by Crippen LogP contribution is 2.37. The highest BCUT2D eigenvalue weighted by Gasteiger charge is 2.25. The average molecular weight is 577 g/mol. The number of fused-ring (bicyclic) bond motifs is 10. The van der Waals surface area contributed by atoms with E-state index in [0.29, 0.717) is 5.95 Å². The number of hydrogen-bond acceptors (Lipinski definition) is 3. The number of aromatic nitrogens is 6. The van der Waals surface area contributed by atoms with Crippen molar-refractivity contribution in [1.82, 2.24) is 28.5 Å². The molecule has 0 N–H and O–H groups in total. The van der Waals surface area contributed by atoms with Gasteiger partial charge in [-0.25, -0.2) is 19.5 Å². The topological polar surface area (TPSA) is 52.9 Å². The normalized spacial score (nSPS) is 12.0. The van der Waals surface area contributed by atoms with E-state index in [1.807, 2.05) is 6.07 Å². The second kappa shape index (κ2) is 9.11. The first kappa shape index (κ1) is 24.2. The summed E-state index contributed by atoms with van der Waals surface area (Å²) >= 11 is 0. The first-order valence-electron chi connectivity index (χ1n) is 15.1. The lowest BCUT2D eigenvalue weighted by molar-refractivity contribution is 0.984. The van der Waals surface area contributed by atoms with E-state index in [2.05, 4.69) is 153 Å². The fourth-order valence-corrected chi connectivity index (χ4v) is 6.90. The Morgan fingerprint density at radius 3 is 1.91 bits per heavy atom. The van der Waals surface area contributed by atoms with Crippen molar-refractivity contribution in [3.8, 4) is 22.9 Å². The molecule has 0 aliphatic carbocycles. The maximum Gasteiger partial charge on any atom is 0.238 e. The predicted octanol–water partition coefficient (Wildman–Crippen LogP) is 9.14. The monoisotopic (exact) mass is 576 g/mol. The molecule has 0 radical (unpaired) electrons. The molecule has 10 rings (SSSR count). The van der Waals surface area contributed by atoms with E-state index >= 15 is 0 Å². The number of benzene rings is 6. The lowest BCUT2D eigenvalue weighted by atomic mass is 10.0. The Morgan fingerprint density at radius 2 is 1.09 bits per heavy atom. The molecular weight excluding hydrogens is 552 g/mol. The van der Waals surface area contributed by atoms with Crippen molar-refractivity contribution in [2.75, 3.05) is 0 Å². The fourth-order valence-electron chi connectivity index (χ4n) is 6.90. The van der Waals surface area contributed by atoms with Crippen molar-refractivity contribution in [3.05, 3.63) is 146 Å². The minimum Gasteiger partial charge on any atom is -0.294 e. The van der Waals surface area contributed by atoms with Gasteiger partial charge >= 0.3 is 0 Å². The van der Waals surface area contributed by atoms with Crippen molar-refractivity contribution in [3.63, 3.8) is 0 Å². The van der Waals surface area contributed by atoms with Crippen LogP contribution in [0.2, 0.25) is 0 Å². The van der Waals surface area contributed by atoms with Crippen LogP contribution in [0.3, 0.4) is 0 Å². The molecule has 4 heterocycles. The molecule has 0 spiro atoms. The van der Waals surface area contributed by atoms with Crippen LogP contribution in [-0.4, -0.2) is 28.5 Å². The molecule has 6 nitrogen and oxygen atoms in total. The smallest absolute Gasteiger partial charge is 0.238 e. The van der Waals surface area contributed by atoms with E-state index in [1.165, 1.54) is 0 Å². The Balaban J connectivity index is 1.39. The van der Waals surface area contributed by atoms with Gasteiger partial charge in [-0.15, -0.1) is 0 Å². The third kappa shape index (κ3) is 3.36. The molecule has 0 unspecified atom stereocenters. The van der Waals surface area contributed by atoms with E-state index in [1.54, 1.807) is 0 Å². The number of hydrogen-bond donors (Lipinski definition) is 0. The molecule has 0 aliphatic rings. The molecule has 6 aromatic carbocycles. The van der Waals surface area contributed by atoms with Gasteiger partial charge in [-0.1, -0.05) is 109 Å². The number of nitrogens with zero attached hydrogens (tertiary/aromatic N) is 6. The molecule has 0 amide bonds. The molecule has 0 saturated heterocycles. The molecule has 0 atom stereocenters. The van der Waals surface area contributed by atoms with Crippen LogP contribution < -0.4 is 0 Å². The number of imidazole rings is 2. The van der Waals surface area contributed by atoms with Gasteiger partial charge in [0.05, 0.1) is 27.8 Å². The lowest BCUT2D eigenvalue weighted by Gasteiger charge is -2.12. The molecule has 0 aliphatic heterocycles. The summed E-state index contributed by atoms with van der Waals surface area (Å²) in [6.45, 7) is 0.